The Morgan fingerprint density at radius 3 is 2.67 bits per heavy atom. The SMILES string of the molecule is CCOC(=O)c1cnc2c(OC)cccc2c1Nc1cccc(C(=O)[O-])c1. The molecule has 0 atom stereocenters. The minimum Gasteiger partial charge on any atom is -0.545 e. The first-order valence-corrected chi connectivity index (χ1v) is 8.26. The molecule has 3 rings (SSSR count). The minimum absolute atomic E-state index is 0.0219. The van der Waals surface area contributed by atoms with Crippen molar-refractivity contribution in [2.24, 2.45) is 0 Å². The number of carboxylic acids is 1. The number of carboxylic acid groups (broad SMARTS) is 1. The lowest BCUT2D eigenvalue weighted by Crippen LogP contribution is -2.22. The summed E-state index contributed by atoms with van der Waals surface area (Å²) in [7, 11) is 1.53. The molecule has 0 bridgehead atoms. The van der Waals surface area contributed by atoms with Gasteiger partial charge in [-0.05, 0) is 30.7 Å². The number of nitrogens with zero attached hydrogens (tertiary/aromatic N) is 1. The third-order valence-corrected chi connectivity index (χ3v) is 3.94. The molecule has 0 spiro atoms. The van der Waals surface area contributed by atoms with E-state index in [2.05, 4.69) is 10.3 Å². The van der Waals surface area contributed by atoms with Gasteiger partial charge in [0.25, 0.3) is 0 Å². The van der Waals surface area contributed by atoms with Crippen molar-refractivity contribution < 1.29 is 24.2 Å². The summed E-state index contributed by atoms with van der Waals surface area (Å²) in [4.78, 5) is 27.8. The van der Waals surface area contributed by atoms with Gasteiger partial charge in [-0.2, -0.15) is 0 Å². The van der Waals surface area contributed by atoms with E-state index >= 15 is 0 Å². The van der Waals surface area contributed by atoms with Crippen LogP contribution in [-0.2, 0) is 4.74 Å². The van der Waals surface area contributed by atoms with E-state index < -0.39 is 11.9 Å². The van der Waals surface area contributed by atoms with Crippen LogP contribution in [0.1, 0.15) is 27.6 Å². The van der Waals surface area contributed by atoms with Crippen molar-refractivity contribution in [1.82, 2.24) is 4.98 Å². The largest absolute Gasteiger partial charge is 0.545 e. The zero-order chi connectivity index (χ0) is 19.4. The number of pyridine rings is 1. The van der Waals surface area contributed by atoms with Gasteiger partial charge < -0.3 is 24.7 Å². The minimum atomic E-state index is -1.29. The molecule has 0 saturated heterocycles. The number of rotatable bonds is 6. The Bertz CT molecular complexity index is 1020. The smallest absolute Gasteiger partial charge is 0.341 e. The third kappa shape index (κ3) is 3.67. The Labute approximate surface area is 155 Å². The molecule has 0 amide bonds. The van der Waals surface area contributed by atoms with Crippen molar-refractivity contribution in [1.29, 1.82) is 0 Å². The summed E-state index contributed by atoms with van der Waals surface area (Å²) in [6, 6.07) is 11.5. The normalized spacial score (nSPS) is 10.4. The number of carbonyl (C=O) groups excluding carboxylic acids is 2. The molecule has 3 aromatic rings. The highest BCUT2D eigenvalue weighted by Crippen LogP contribution is 2.34. The molecule has 0 saturated carbocycles. The number of benzene rings is 2. The fourth-order valence-corrected chi connectivity index (χ4v) is 2.73. The lowest BCUT2D eigenvalue weighted by molar-refractivity contribution is -0.255. The average molecular weight is 365 g/mol. The summed E-state index contributed by atoms with van der Waals surface area (Å²) in [5.74, 6) is -1.27. The first kappa shape index (κ1) is 18.2. The number of aromatic nitrogens is 1. The highest BCUT2D eigenvalue weighted by atomic mass is 16.5. The highest BCUT2D eigenvalue weighted by molar-refractivity contribution is 6.07. The number of hydrogen-bond acceptors (Lipinski definition) is 7. The first-order valence-electron chi connectivity index (χ1n) is 8.26. The zero-order valence-electron chi connectivity index (χ0n) is 14.8. The summed E-state index contributed by atoms with van der Waals surface area (Å²) < 4.78 is 10.5. The van der Waals surface area contributed by atoms with Crippen LogP contribution in [0.3, 0.4) is 0 Å². The number of fused-ring (bicyclic) bond motifs is 1. The van der Waals surface area contributed by atoms with Gasteiger partial charge in [-0.1, -0.05) is 24.3 Å². The van der Waals surface area contributed by atoms with E-state index in [1.54, 1.807) is 37.3 Å². The zero-order valence-corrected chi connectivity index (χ0v) is 14.8. The average Bonchev–Trinajstić information content (AvgIpc) is 2.68. The molecule has 0 radical (unpaired) electrons. The van der Waals surface area contributed by atoms with Crippen LogP contribution in [0.2, 0.25) is 0 Å². The monoisotopic (exact) mass is 365 g/mol. The van der Waals surface area contributed by atoms with Crippen molar-refractivity contribution >= 4 is 34.2 Å². The molecule has 1 aromatic heterocycles. The van der Waals surface area contributed by atoms with E-state index in [1.807, 2.05) is 0 Å². The van der Waals surface area contributed by atoms with Crippen molar-refractivity contribution in [2.45, 2.75) is 6.92 Å². The van der Waals surface area contributed by atoms with E-state index in [1.165, 1.54) is 25.4 Å². The second-order valence-electron chi connectivity index (χ2n) is 5.62. The van der Waals surface area contributed by atoms with Gasteiger partial charge in [0, 0.05) is 17.3 Å². The number of para-hydroxylation sites is 1. The van der Waals surface area contributed by atoms with Crippen molar-refractivity contribution in [3.05, 3.63) is 59.8 Å². The Kier molecular flexibility index (Phi) is 5.21. The number of hydrogen-bond donors (Lipinski definition) is 1. The number of aromatic carboxylic acids is 1. The van der Waals surface area contributed by atoms with Gasteiger partial charge in [-0.15, -0.1) is 0 Å². The van der Waals surface area contributed by atoms with Gasteiger partial charge in [0.2, 0.25) is 0 Å². The van der Waals surface area contributed by atoms with Crippen molar-refractivity contribution in [3.63, 3.8) is 0 Å². The van der Waals surface area contributed by atoms with E-state index in [0.29, 0.717) is 28.0 Å². The second-order valence-corrected chi connectivity index (χ2v) is 5.62. The summed E-state index contributed by atoms with van der Waals surface area (Å²) in [5.41, 5.74) is 1.75. The summed E-state index contributed by atoms with van der Waals surface area (Å²) in [6.07, 6.45) is 1.41. The molecule has 0 fully saturated rings. The molecule has 138 valence electrons. The van der Waals surface area contributed by atoms with Crippen LogP contribution in [0.15, 0.2) is 48.7 Å². The standard InChI is InChI=1S/C20H18N2O5/c1-3-27-20(25)15-11-21-18-14(8-5-9-16(18)26-2)17(15)22-13-7-4-6-12(10-13)19(23)24/h4-11H,3H2,1-2H3,(H,21,22)(H,23,24)/p-1. The molecule has 1 heterocycles. The van der Waals surface area contributed by atoms with E-state index in [-0.39, 0.29) is 17.7 Å². The Morgan fingerprint density at radius 1 is 1.19 bits per heavy atom. The topological polar surface area (TPSA) is 101 Å². The van der Waals surface area contributed by atoms with Gasteiger partial charge in [0.1, 0.15) is 16.8 Å². The van der Waals surface area contributed by atoms with Crippen LogP contribution in [0.25, 0.3) is 10.9 Å². The van der Waals surface area contributed by atoms with Crippen LogP contribution < -0.4 is 15.2 Å². The molecular formula is C20H17N2O5-. The fourth-order valence-electron chi connectivity index (χ4n) is 2.73. The quantitative estimate of drug-likeness (QED) is 0.670. The van der Waals surface area contributed by atoms with Crippen LogP contribution in [0.5, 0.6) is 5.75 Å². The van der Waals surface area contributed by atoms with Crippen molar-refractivity contribution in [3.8, 4) is 5.75 Å². The third-order valence-electron chi connectivity index (χ3n) is 3.94. The molecule has 27 heavy (non-hydrogen) atoms. The number of methoxy groups -OCH3 is 1. The van der Waals surface area contributed by atoms with Crippen LogP contribution >= 0.6 is 0 Å². The number of esters is 1. The maximum atomic E-state index is 12.4. The van der Waals surface area contributed by atoms with Gasteiger partial charge in [0.15, 0.2) is 0 Å². The molecule has 0 unspecified atom stereocenters. The second kappa shape index (κ2) is 7.74. The Morgan fingerprint density at radius 2 is 1.96 bits per heavy atom. The van der Waals surface area contributed by atoms with Crippen LogP contribution in [-0.4, -0.2) is 30.6 Å². The fraction of sp³-hybridized carbons (Fsp3) is 0.150. The first-order chi connectivity index (χ1) is 13.0. The molecule has 0 aliphatic carbocycles. The molecule has 0 aliphatic heterocycles. The van der Waals surface area contributed by atoms with Gasteiger partial charge in [-0.25, -0.2) is 4.79 Å². The van der Waals surface area contributed by atoms with E-state index in [4.69, 9.17) is 9.47 Å². The summed E-state index contributed by atoms with van der Waals surface area (Å²) in [5, 5.41) is 14.9. The maximum absolute atomic E-state index is 12.4. The van der Waals surface area contributed by atoms with Gasteiger partial charge >= 0.3 is 5.97 Å². The lowest BCUT2D eigenvalue weighted by atomic mass is 10.1. The molecule has 0 aliphatic rings. The number of anilines is 2. The molecule has 1 N–H and O–H groups in total. The predicted molar refractivity (Wildman–Crippen MR) is 98.3 cm³/mol. The van der Waals surface area contributed by atoms with Gasteiger partial charge in [0.05, 0.1) is 25.4 Å². The van der Waals surface area contributed by atoms with E-state index in [9.17, 15) is 14.7 Å². The molecule has 2 aromatic carbocycles. The van der Waals surface area contributed by atoms with Crippen LogP contribution in [0.4, 0.5) is 11.4 Å². The van der Waals surface area contributed by atoms with Crippen molar-refractivity contribution in [2.75, 3.05) is 19.0 Å². The predicted octanol–water partition coefficient (Wildman–Crippen LogP) is 2.53. The van der Waals surface area contributed by atoms with E-state index in [0.717, 1.165) is 0 Å². The van der Waals surface area contributed by atoms with Crippen LogP contribution in [0, 0.1) is 0 Å². The maximum Gasteiger partial charge on any atom is 0.341 e. The molecular weight excluding hydrogens is 348 g/mol. The highest BCUT2D eigenvalue weighted by Gasteiger charge is 2.18. The summed E-state index contributed by atoms with van der Waals surface area (Å²) >= 11 is 0. The lowest BCUT2D eigenvalue weighted by Gasteiger charge is -2.16. The Balaban J connectivity index is 2.18. The number of nitrogens with one attached hydrogen (secondary N) is 1. The molecule has 7 nitrogen and oxygen atoms in total. The Hall–Kier alpha value is -3.61. The molecule has 7 heteroatoms. The summed E-state index contributed by atoms with van der Waals surface area (Å²) in [6.45, 7) is 1.93. The number of ether oxygens (including phenoxy) is 2. The van der Waals surface area contributed by atoms with Gasteiger partial charge in [-0.3, -0.25) is 4.98 Å². The number of carbonyl (C=O) groups is 2.